The summed E-state index contributed by atoms with van der Waals surface area (Å²) in [5.41, 5.74) is 1.74. The predicted molar refractivity (Wildman–Crippen MR) is 118 cm³/mol. The molecule has 1 fully saturated rings. The van der Waals surface area contributed by atoms with Crippen molar-refractivity contribution in [2.75, 3.05) is 18.4 Å². The highest BCUT2D eigenvalue weighted by Crippen LogP contribution is 2.26. The van der Waals surface area contributed by atoms with Crippen LogP contribution in [0.15, 0.2) is 46.9 Å². The highest BCUT2D eigenvalue weighted by atomic mass is 79.9. The lowest BCUT2D eigenvalue weighted by Gasteiger charge is -2.30. The standard InChI is InChI=1S/C20H22BrN3O5S/c1-14-2-7-18(24(26)27)12-19(14)22-20(25)16-8-10-23(11-9-16)30(28,29)13-15-3-5-17(21)6-4-15/h2-7,12,16H,8-11,13H2,1H3,(H,22,25). The van der Waals surface area contributed by atoms with Crippen LogP contribution in [0.4, 0.5) is 11.4 Å². The Labute approximate surface area is 183 Å². The smallest absolute Gasteiger partial charge is 0.271 e. The molecule has 0 atom stereocenters. The normalized spacial score (nSPS) is 15.7. The first-order valence-corrected chi connectivity index (χ1v) is 11.8. The number of anilines is 1. The summed E-state index contributed by atoms with van der Waals surface area (Å²) >= 11 is 3.33. The third-order valence-corrected chi connectivity index (χ3v) is 7.55. The lowest BCUT2D eigenvalue weighted by atomic mass is 9.97. The van der Waals surface area contributed by atoms with Gasteiger partial charge >= 0.3 is 0 Å². The van der Waals surface area contributed by atoms with Gasteiger partial charge in [0.25, 0.3) is 5.69 Å². The Morgan fingerprint density at radius 1 is 1.20 bits per heavy atom. The molecule has 8 nitrogen and oxygen atoms in total. The van der Waals surface area contributed by atoms with Crippen molar-refractivity contribution < 1.29 is 18.1 Å². The molecular weight excluding hydrogens is 474 g/mol. The van der Waals surface area contributed by atoms with E-state index in [9.17, 15) is 23.3 Å². The van der Waals surface area contributed by atoms with Crippen LogP contribution < -0.4 is 5.32 Å². The summed E-state index contributed by atoms with van der Waals surface area (Å²) in [5.74, 6) is -0.671. The number of benzene rings is 2. The maximum absolute atomic E-state index is 12.7. The number of nitro groups is 1. The number of hydrogen-bond donors (Lipinski definition) is 1. The van der Waals surface area contributed by atoms with E-state index in [4.69, 9.17) is 0 Å². The SMILES string of the molecule is Cc1ccc([N+](=O)[O-])cc1NC(=O)C1CCN(S(=O)(=O)Cc2ccc(Br)cc2)CC1. The molecule has 1 amide bonds. The molecule has 1 N–H and O–H groups in total. The monoisotopic (exact) mass is 495 g/mol. The van der Waals surface area contributed by atoms with Crippen molar-refractivity contribution in [1.29, 1.82) is 0 Å². The molecule has 2 aromatic rings. The zero-order valence-corrected chi connectivity index (χ0v) is 18.8. The van der Waals surface area contributed by atoms with Crippen molar-refractivity contribution in [3.63, 3.8) is 0 Å². The number of piperidine rings is 1. The number of rotatable bonds is 6. The van der Waals surface area contributed by atoms with E-state index >= 15 is 0 Å². The number of sulfonamides is 1. The number of nitrogens with one attached hydrogen (secondary N) is 1. The van der Waals surface area contributed by atoms with Crippen molar-refractivity contribution in [3.05, 3.63) is 68.2 Å². The van der Waals surface area contributed by atoms with Crippen LogP contribution in [0.5, 0.6) is 0 Å². The summed E-state index contributed by atoms with van der Waals surface area (Å²) in [6, 6.07) is 11.5. The fourth-order valence-electron chi connectivity index (χ4n) is 3.37. The molecule has 1 heterocycles. The van der Waals surface area contributed by atoms with Crippen molar-refractivity contribution in [1.82, 2.24) is 4.31 Å². The van der Waals surface area contributed by atoms with Gasteiger partial charge in [0.15, 0.2) is 0 Å². The number of hydrogen-bond acceptors (Lipinski definition) is 5. The zero-order valence-electron chi connectivity index (χ0n) is 16.4. The zero-order chi connectivity index (χ0) is 21.9. The van der Waals surface area contributed by atoms with Gasteiger partial charge in [-0.3, -0.25) is 14.9 Å². The van der Waals surface area contributed by atoms with E-state index < -0.39 is 14.9 Å². The second-order valence-corrected chi connectivity index (χ2v) is 10.2. The number of carbonyl (C=O) groups excluding carboxylic acids is 1. The maximum Gasteiger partial charge on any atom is 0.271 e. The summed E-state index contributed by atoms with van der Waals surface area (Å²) < 4.78 is 27.7. The maximum atomic E-state index is 12.7. The predicted octanol–water partition coefficient (Wildman–Crippen LogP) is 3.85. The van der Waals surface area contributed by atoms with Crippen LogP contribution in [0.25, 0.3) is 0 Å². The number of carbonyl (C=O) groups is 1. The van der Waals surface area contributed by atoms with Crippen LogP contribution in [-0.2, 0) is 20.6 Å². The van der Waals surface area contributed by atoms with Crippen LogP contribution >= 0.6 is 15.9 Å². The van der Waals surface area contributed by atoms with Gasteiger partial charge in [-0.05, 0) is 43.0 Å². The number of nitrogens with zero attached hydrogens (tertiary/aromatic N) is 2. The third kappa shape index (κ3) is 5.44. The van der Waals surface area contributed by atoms with Crippen molar-refractivity contribution in [2.24, 2.45) is 5.92 Å². The van der Waals surface area contributed by atoms with E-state index in [1.165, 1.54) is 16.4 Å². The fourth-order valence-corrected chi connectivity index (χ4v) is 5.20. The van der Waals surface area contributed by atoms with E-state index in [2.05, 4.69) is 21.2 Å². The number of aryl methyl sites for hydroxylation is 1. The van der Waals surface area contributed by atoms with E-state index in [1.807, 2.05) is 0 Å². The van der Waals surface area contributed by atoms with Gasteiger partial charge in [0.2, 0.25) is 15.9 Å². The molecule has 0 saturated carbocycles. The average Bonchev–Trinajstić information content (AvgIpc) is 2.71. The van der Waals surface area contributed by atoms with Crippen LogP contribution in [-0.4, -0.2) is 36.6 Å². The molecule has 0 aromatic heterocycles. The van der Waals surface area contributed by atoms with Crippen LogP contribution in [0, 0.1) is 23.0 Å². The molecule has 1 aliphatic heterocycles. The lowest BCUT2D eigenvalue weighted by molar-refractivity contribution is -0.384. The van der Waals surface area contributed by atoms with Gasteiger partial charge in [-0.1, -0.05) is 34.1 Å². The summed E-state index contributed by atoms with van der Waals surface area (Å²) in [6.45, 7) is 2.30. The van der Waals surface area contributed by atoms with Crippen molar-refractivity contribution in [2.45, 2.75) is 25.5 Å². The first-order chi connectivity index (χ1) is 14.2. The van der Waals surface area contributed by atoms with Gasteiger partial charge in [0, 0.05) is 35.6 Å². The highest BCUT2D eigenvalue weighted by Gasteiger charge is 2.31. The molecule has 0 bridgehead atoms. The van der Waals surface area contributed by atoms with E-state index in [1.54, 1.807) is 37.3 Å². The van der Waals surface area contributed by atoms with Gasteiger partial charge in [0.05, 0.1) is 16.4 Å². The molecule has 10 heteroatoms. The van der Waals surface area contributed by atoms with Crippen LogP contribution in [0.2, 0.25) is 0 Å². The summed E-state index contributed by atoms with van der Waals surface area (Å²) in [6.07, 6.45) is 0.804. The summed E-state index contributed by atoms with van der Waals surface area (Å²) in [4.78, 5) is 23.1. The third-order valence-electron chi connectivity index (χ3n) is 5.17. The first kappa shape index (κ1) is 22.4. The lowest BCUT2D eigenvalue weighted by Crippen LogP contribution is -2.41. The second-order valence-electron chi connectivity index (χ2n) is 7.30. The van der Waals surface area contributed by atoms with Crippen molar-refractivity contribution >= 4 is 43.2 Å². The number of nitro benzene ring substituents is 1. The van der Waals surface area contributed by atoms with E-state index in [0.29, 0.717) is 24.1 Å². The molecule has 0 aliphatic carbocycles. The Bertz CT molecular complexity index is 1050. The Morgan fingerprint density at radius 2 is 1.83 bits per heavy atom. The Morgan fingerprint density at radius 3 is 2.43 bits per heavy atom. The topological polar surface area (TPSA) is 110 Å². The molecule has 1 aliphatic rings. The van der Waals surface area contributed by atoms with Crippen LogP contribution in [0.1, 0.15) is 24.0 Å². The van der Waals surface area contributed by atoms with Gasteiger partial charge in [0.1, 0.15) is 0 Å². The minimum Gasteiger partial charge on any atom is -0.325 e. The van der Waals surface area contributed by atoms with Gasteiger partial charge in [-0.15, -0.1) is 0 Å². The average molecular weight is 496 g/mol. The first-order valence-electron chi connectivity index (χ1n) is 9.44. The number of amides is 1. The van der Waals surface area contributed by atoms with Gasteiger partial charge < -0.3 is 5.32 Å². The Balaban J connectivity index is 1.59. The largest absolute Gasteiger partial charge is 0.325 e. The highest BCUT2D eigenvalue weighted by molar-refractivity contribution is 9.10. The summed E-state index contributed by atoms with van der Waals surface area (Å²) in [7, 11) is -3.47. The minimum absolute atomic E-state index is 0.0793. The molecule has 1 saturated heterocycles. The van der Waals surface area contributed by atoms with E-state index in [-0.39, 0.29) is 36.4 Å². The second kappa shape index (κ2) is 9.23. The fraction of sp³-hybridized carbons (Fsp3) is 0.350. The minimum atomic E-state index is -3.47. The number of halogens is 1. The van der Waals surface area contributed by atoms with Gasteiger partial charge in [-0.25, -0.2) is 12.7 Å². The quantitative estimate of drug-likeness (QED) is 0.483. The molecular formula is C20H22BrN3O5S. The van der Waals surface area contributed by atoms with Gasteiger partial charge in [-0.2, -0.15) is 0 Å². The number of non-ortho nitro benzene ring substituents is 1. The molecule has 160 valence electrons. The Kier molecular flexibility index (Phi) is 6.89. The molecule has 0 unspecified atom stereocenters. The molecule has 0 spiro atoms. The van der Waals surface area contributed by atoms with Crippen LogP contribution in [0.3, 0.4) is 0 Å². The van der Waals surface area contributed by atoms with Crippen molar-refractivity contribution in [3.8, 4) is 0 Å². The molecule has 30 heavy (non-hydrogen) atoms. The molecule has 0 radical (unpaired) electrons. The summed E-state index contributed by atoms with van der Waals surface area (Å²) in [5, 5.41) is 13.7. The molecule has 3 rings (SSSR count). The Hall–Kier alpha value is -2.30. The van der Waals surface area contributed by atoms with E-state index in [0.717, 1.165) is 10.0 Å². The molecule has 2 aromatic carbocycles.